The van der Waals surface area contributed by atoms with Gasteiger partial charge in [0, 0.05) is 6.04 Å². The summed E-state index contributed by atoms with van der Waals surface area (Å²) in [4.78, 5) is 0. The van der Waals surface area contributed by atoms with Crippen molar-refractivity contribution in [3.8, 4) is 5.75 Å². The first-order chi connectivity index (χ1) is 8.24. The maximum absolute atomic E-state index is 6.25. The van der Waals surface area contributed by atoms with E-state index in [1.165, 1.54) is 24.0 Å². The number of hydrogen-bond donors (Lipinski definition) is 1. The molecule has 1 atom stereocenters. The molecule has 1 aromatic rings. The van der Waals surface area contributed by atoms with Crippen molar-refractivity contribution in [2.75, 3.05) is 13.7 Å². The molecule has 0 bridgehead atoms. The lowest BCUT2D eigenvalue weighted by Gasteiger charge is -2.14. The van der Waals surface area contributed by atoms with Crippen LogP contribution in [0, 0.1) is 0 Å². The summed E-state index contributed by atoms with van der Waals surface area (Å²) in [6, 6.07) is 4.88. The summed E-state index contributed by atoms with van der Waals surface area (Å²) in [7, 11) is 1.68. The minimum atomic E-state index is 0.615. The first-order valence-electron chi connectivity index (χ1n) is 6.33. The van der Waals surface area contributed by atoms with E-state index >= 15 is 0 Å². The molecule has 0 amide bonds. The summed E-state index contributed by atoms with van der Waals surface area (Å²) in [6.45, 7) is 3.28. The summed E-state index contributed by atoms with van der Waals surface area (Å²) in [5, 5.41) is 4.25. The third kappa shape index (κ3) is 2.93. The van der Waals surface area contributed by atoms with Gasteiger partial charge in [-0.25, -0.2) is 0 Å². The number of halogens is 1. The Morgan fingerprint density at radius 1 is 1.47 bits per heavy atom. The first-order valence-corrected chi connectivity index (χ1v) is 6.71. The van der Waals surface area contributed by atoms with Crippen LogP contribution < -0.4 is 10.1 Å². The number of benzene rings is 1. The number of ether oxygens (including phenoxy) is 1. The van der Waals surface area contributed by atoms with Crippen LogP contribution in [-0.4, -0.2) is 19.7 Å². The zero-order chi connectivity index (χ0) is 12.3. The molecule has 1 aliphatic heterocycles. The highest BCUT2D eigenvalue weighted by Gasteiger charge is 2.16. The molecule has 1 aliphatic rings. The minimum Gasteiger partial charge on any atom is -0.495 e. The van der Waals surface area contributed by atoms with Crippen molar-refractivity contribution in [2.45, 2.75) is 38.6 Å². The van der Waals surface area contributed by atoms with E-state index in [1.807, 2.05) is 6.07 Å². The maximum Gasteiger partial charge on any atom is 0.140 e. The van der Waals surface area contributed by atoms with Crippen LogP contribution in [-0.2, 0) is 12.8 Å². The quantitative estimate of drug-likeness (QED) is 0.890. The van der Waals surface area contributed by atoms with Gasteiger partial charge in [0.2, 0.25) is 0 Å². The molecule has 1 aromatic carbocycles. The van der Waals surface area contributed by atoms with Gasteiger partial charge in [0.05, 0.1) is 12.1 Å². The minimum absolute atomic E-state index is 0.615. The number of aryl methyl sites for hydroxylation is 1. The average molecular weight is 254 g/mol. The molecule has 0 spiro atoms. The Balaban J connectivity index is 2.19. The van der Waals surface area contributed by atoms with Gasteiger partial charge in [-0.1, -0.05) is 24.6 Å². The van der Waals surface area contributed by atoms with E-state index < -0.39 is 0 Å². The predicted octanol–water partition coefficient (Wildman–Crippen LogP) is 3.21. The van der Waals surface area contributed by atoms with Crippen molar-refractivity contribution in [2.24, 2.45) is 0 Å². The second-order valence-electron chi connectivity index (χ2n) is 4.62. The highest BCUT2D eigenvalue weighted by molar-refractivity contribution is 6.32. The lowest BCUT2D eigenvalue weighted by molar-refractivity contribution is 0.410. The van der Waals surface area contributed by atoms with Gasteiger partial charge >= 0.3 is 0 Å². The fraction of sp³-hybridized carbons (Fsp3) is 0.571. The third-order valence-corrected chi connectivity index (χ3v) is 3.69. The van der Waals surface area contributed by atoms with Crippen LogP contribution in [0.15, 0.2) is 12.1 Å². The van der Waals surface area contributed by atoms with E-state index in [4.69, 9.17) is 16.3 Å². The summed E-state index contributed by atoms with van der Waals surface area (Å²) in [5.41, 5.74) is 2.51. The molecule has 1 fully saturated rings. The molecule has 2 rings (SSSR count). The molecule has 3 heteroatoms. The molecule has 2 nitrogen and oxygen atoms in total. The first kappa shape index (κ1) is 12.7. The van der Waals surface area contributed by atoms with Crippen molar-refractivity contribution in [3.63, 3.8) is 0 Å². The normalized spacial score (nSPS) is 19.6. The fourth-order valence-corrected chi connectivity index (χ4v) is 2.88. The molecule has 1 heterocycles. The molecular weight excluding hydrogens is 234 g/mol. The smallest absolute Gasteiger partial charge is 0.140 e. The van der Waals surface area contributed by atoms with Gasteiger partial charge in [-0.15, -0.1) is 0 Å². The Morgan fingerprint density at radius 2 is 2.29 bits per heavy atom. The van der Waals surface area contributed by atoms with E-state index in [0.29, 0.717) is 6.04 Å². The second-order valence-corrected chi connectivity index (χ2v) is 5.03. The van der Waals surface area contributed by atoms with Gasteiger partial charge < -0.3 is 10.1 Å². The second kappa shape index (κ2) is 5.74. The zero-order valence-electron chi connectivity index (χ0n) is 10.6. The van der Waals surface area contributed by atoms with Crippen LogP contribution in [0.3, 0.4) is 0 Å². The summed E-state index contributed by atoms with van der Waals surface area (Å²) in [6.07, 6.45) is 4.58. The number of hydrogen-bond acceptors (Lipinski definition) is 2. The molecule has 0 aliphatic carbocycles. The van der Waals surface area contributed by atoms with Crippen molar-refractivity contribution in [3.05, 3.63) is 28.3 Å². The Hall–Kier alpha value is -0.730. The van der Waals surface area contributed by atoms with Crippen molar-refractivity contribution in [1.82, 2.24) is 5.32 Å². The van der Waals surface area contributed by atoms with Crippen LogP contribution in [0.5, 0.6) is 5.75 Å². The fourth-order valence-electron chi connectivity index (χ4n) is 2.54. The molecular formula is C14H20ClNO. The number of rotatable bonds is 4. The molecule has 17 heavy (non-hydrogen) atoms. The van der Waals surface area contributed by atoms with Crippen LogP contribution in [0.25, 0.3) is 0 Å². The van der Waals surface area contributed by atoms with Gasteiger partial charge in [0.1, 0.15) is 5.75 Å². The average Bonchev–Trinajstić information content (AvgIpc) is 2.81. The number of methoxy groups -OCH3 is 1. The van der Waals surface area contributed by atoms with Crippen LogP contribution in [0.2, 0.25) is 5.02 Å². The molecule has 94 valence electrons. The standard InChI is InChI=1S/C14H20ClNO/c1-3-11-7-10(8-12-5-4-6-16-12)9-13(15)14(11)17-2/h7,9,12,16H,3-6,8H2,1-2H3. The zero-order valence-corrected chi connectivity index (χ0v) is 11.3. The lowest BCUT2D eigenvalue weighted by Crippen LogP contribution is -2.23. The Morgan fingerprint density at radius 3 is 2.88 bits per heavy atom. The molecule has 0 radical (unpaired) electrons. The Labute approximate surface area is 108 Å². The summed E-state index contributed by atoms with van der Waals surface area (Å²) < 4.78 is 5.34. The highest BCUT2D eigenvalue weighted by Crippen LogP contribution is 2.31. The van der Waals surface area contributed by atoms with E-state index in [1.54, 1.807) is 7.11 Å². The van der Waals surface area contributed by atoms with Crippen LogP contribution >= 0.6 is 11.6 Å². The van der Waals surface area contributed by atoms with E-state index in [2.05, 4.69) is 18.3 Å². The highest BCUT2D eigenvalue weighted by atomic mass is 35.5. The van der Waals surface area contributed by atoms with Crippen LogP contribution in [0.4, 0.5) is 0 Å². The van der Waals surface area contributed by atoms with E-state index in [9.17, 15) is 0 Å². The predicted molar refractivity (Wildman–Crippen MR) is 72.1 cm³/mol. The summed E-state index contributed by atoms with van der Waals surface area (Å²) >= 11 is 6.25. The van der Waals surface area contributed by atoms with Gasteiger partial charge in [0.25, 0.3) is 0 Å². The van der Waals surface area contributed by atoms with Gasteiger partial charge in [-0.3, -0.25) is 0 Å². The van der Waals surface area contributed by atoms with Gasteiger partial charge in [0.15, 0.2) is 0 Å². The number of nitrogens with one attached hydrogen (secondary N) is 1. The SMILES string of the molecule is CCc1cc(CC2CCCN2)cc(Cl)c1OC. The van der Waals surface area contributed by atoms with Crippen molar-refractivity contribution >= 4 is 11.6 Å². The van der Waals surface area contributed by atoms with E-state index in [0.717, 1.165) is 30.2 Å². The molecule has 1 N–H and O–H groups in total. The molecule has 0 saturated carbocycles. The molecule has 0 aromatic heterocycles. The Kier molecular flexibility index (Phi) is 4.30. The van der Waals surface area contributed by atoms with Gasteiger partial charge in [-0.05, 0) is 49.4 Å². The van der Waals surface area contributed by atoms with Crippen LogP contribution in [0.1, 0.15) is 30.9 Å². The van der Waals surface area contributed by atoms with Crippen molar-refractivity contribution < 1.29 is 4.74 Å². The third-order valence-electron chi connectivity index (χ3n) is 3.41. The largest absolute Gasteiger partial charge is 0.495 e. The topological polar surface area (TPSA) is 21.3 Å². The molecule has 1 unspecified atom stereocenters. The Bertz CT molecular complexity index is 386. The molecule has 1 saturated heterocycles. The maximum atomic E-state index is 6.25. The lowest BCUT2D eigenvalue weighted by atomic mass is 10.0. The van der Waals surface area contributed by atoms with Gasteiger partial charge in [-0.2, -0.15) is 0 Å². The van der Waals surface area contributed by atoms with E-state index in [-0.39, 0.29) is 0 Å². The van der Waals surface area contributed by atoms with Crippen molar-refractivity contribution in [1.29, 1.82) is 0 Å². The monoisotopic (exact) mass is 253 g/mol. The summed E-state index contributed by atoms with van der Waals surface area (Å²) in [5.74, 6) is 0.831.